The zero-order chi connectivity index (χ0) is 13.7. The smallest absolute Gasteiger partial charge is 0.283 e. The van der Waals surface area contributed by atoms with E-state index in [4.69, 9.17) is 4.74 Å². The SMILES string of the molecule is O=[N+]([O-])c1cc(COCCc2cccs2)ccc1Br. The second-order valence-corrected chi connectivity index (χ2v) is 5.81. The first-order valence-corrected chi connectivity index (χ1v) is 7.37. The molecule has 0 atom stereocenters. The second-order valence-electron chi connectivity index (χ2n) is 3.92. The van der Waals surface area contributed by atoms with Crippen molar-refractivity contribution in [2.45, 2.75) is 13.0 Å². The molecule has 1 aromatic carbocycles. The lowest BCUT2D eigenvalue weighted by Gasteiger charge is -2.04. The predicted molar refractivity (Wildman–Crippen MR) is 78.5 cm³/mol. The van der Waals surface area contributed by atoms with Gasteiger partial charge in [0.1, 0.15) is 0 Å². The molecule has 0 unspecified atom stereocenters. The van der Waals surface area contributed by atoms with E-state index < -0.39 is 4.92 Å². The van der Waals surface area contributed by atoms with E-state index in [1.165, 1.54) is 10.9 Å². The van der Waals surface area contributed by atoms with Gasteiger partial charge in [-0.25, -0.2) is 0 Å². The lowest BCUT2D eigenvalue weighted by Crippen LogP contribution is -1.99. The monoisotopic (exact) mass is 341 g/mol. The van der Waals surface area contributed by atoms with Crippen molar-refractivity contribution in [1.29, 1.82) is 0 Å². The van der Waals surface area contributed by atoms with E-state index in [9.17, 15) is 10.1 Å². The maximum absolute atomic E-state index is 10.8. The fraction of sp³-hybridized carbons (Fsp3) is 0.231. The quantitative estimate of drug-likeness (QED) is 0.450. The van der Waals surface area contributed by atoms with Crippen LogP contribution in [0.25, 0.3) is 0 Å². The summed E-state index contributed by atoms with van der Waals surface area (Å²) in [6.07, 6.45) is 0.871. The molecule has 0 aliphatic heterocycles. The topological polar surface area (TPSA) is 52.4 Å². The zero-order valence-electron chi connectivity index (χ0n) is 10.0. The van der Waals surface area contributed by atoms with Crippen molar-refractivity contribution in [1.82, 2.24) is 0 Å². The van der Waals surface area contributed by atoms with Gasteiger partial charge in [0.05, 0.1) is 22.6 Å². The van der Waals surface area contributed by atoms with E-state index in [-0.39, 0.29) is 5.69 Å². The molecule has 19 heavy (non-hydrogen) atoms. The van der Waals surface area contributed by atoms with Crippen LogP contribution in [0.5, 0.6) is 0 Å². The van der Waals surface area contributed by atoms with Gasteiger partial charge in [-0.2, -0.15) is 0 Å². The van der Waals surface area contributed by atoms with Gasteiger partial charge in [0.2, 0.25) is 0 Å². The minimum absolute atomic E-state index is 0.0688. The Hall–Kier alpha value is -1.24. The van der Waals surface area contributed by atoms with Gasteiger partial charge >= 0.3 is 0 Å². The molecule has 2 rings (SSSR count). The summed E-state index contributed by atoms with van der Waals surface area (Å²) in [4.78, 5) is 11.7. The number of rotatable bonds is 6. The molecule has 0 saturated carbocycles. The fourth-order valence-corrected chi connectivity index (χ4v) is 2.69. The Kier molecular flexibility index (Phi) is 5.07. The molecule has 0 bridgehead atoms. The van der Waals surface area contributed by atoms with Crippen LogP contribution < -0.4 is 0 Å². The van der Waals surface area contributed by atoms with Crippen LogP contribution in [0.2, 0.25) is 0 Å². The van der Waals surface area contributed by atoms with Gasteiger partial charge < -0.3 is 4.74 Å². The standard InChI is InChI=1S/C13H12BrNO3S/c14-12-4-3-10(8-13(12)15(16)17)9-18-6-5-11-2-1-7-19-11/h1-4,7-8H,5-6,9H2. The summed E-state index contributed by atoms with van der Waals surface area (Å²) in [5.74, 6) is 0. The van der Waals surface area contributed by atoms with Gasteiger partial charge in [-0.05, 0) is 39.0 Å². The van der Waals surface area contributed by atoms with Crippen molar-refractivity contribution in [2.75, 3.05) is 6.61 Å². The molecule has 0 aliphatic rings. The molecule has 1 heterocycles. The number of hydrogen-bond acceptors (Lipinski definition) is 4. The molecule has 2 aromatic rings. The molecule has 0 aliphatic carbocycles. The van der Waals surface area contributed by atoms with E-state index >= 15 is 0 Å². The Bertz CT molecular complexity index is 557. The van der Waals surface area contributed by atoms with Crippen LogP contribution in [0, 0.1) is 10.1 Å². The first kappa shape index (κ1) is 14.2. The summed E-state index contributed by atoms with van der Waals surface area (Å²) in [5, 5.41) is 12.8. The Morgan fingerprint density at radius 3 is 2.89 bits per heavy atom. The highest BCUT2D eigenvalue weighted by Gasteiger charge is 2.12. The number of ether oxygens (including phenoxy) is 1. The molecule has 6 heteroatoms. The van der Waals surface area contributed by atoms with Crippen molar-refractivity contribution >= 4 is 33.0 Å². The van der Waals surface area contributed by atoms with Crippen LogP contribution >= 0.6 is 27.3 Å². The molecule has 100 valence electrons. The Morgan fingerprint density at radius 1 is 1.37 bits per heavy atom. The van der Waals surface area contributed by atoms with E-state index in [2.05, 4.69) is 22.0 Å². The molecular weight excluding hydrogens is 330 g/mol. The van der Waals surface area contributed by atoms with E-state index in [1.54, 1.807) is 17.4 Å². The number of nitro groups is 1. The zero-order valence-corrected chi connectivity index (χ0v) is 12.4. The number of halogens is 1. The number of thiophene rings is 1. The fourth-order valence-electron chi connectivity index (χ4n) is 1.61. The predicted octanol–water partition coefficient (Wildman–Crippen LogP) is 4.18. The molecule has 1 aromatic heterocycles. The van der Waals surface area contributed by atoms with Crippen molar-refractivity contribution in [3.8, 4) is 0 Å². The lowest BCUT2D eigenvalue weighted by molar-refractivity contribution is -0.385. The van der Waals surface area contributed by atoms with Crippen molar-refractivity contribution < 1.29 is 9.66 Å². The third kappa shape index (κ3) is 4.12. The van der Waals surface area contributed by atoms with Crippen LogP contribution in [-0.2, 0) is 17.8 Å². The highest BCUT2D eigenvalue weighted by Crippen LogP contribution is 2.25. The Labute approximate surface area is 123 Å². The van der Waals surface area contributed by atoms with Crippen molar-refractivity contribution in [3.05, 3.63) is 60.7 Å². The Morgan fingerprint density at radius 2 is 2.21 bits per heavy atom. The summed E-state index contributed by atoms with van der Waals surface area (Å²) >= 11 is 4.86. The molecule has 0 saturated heterocycles. The minimum Gasteiger partial charge on any atom is -0.376 e. The molecule has 0 fully saturated rings. The van der Waals surface area contributed by atoms with Crippen LogP contribution in [0.15, 0.2) is 40.2 Å². The van der Waals surface area contributed by atoms with Crippen molar-refractivity contribution in [2.24, 2.45) is 0 Å². The molecule has 0 spiro atoms. The number of nitro benzene ring substituents is 1. The highest BCUT2D eigenvalue weighted by atomic mass is 79.9. The average Bonchev–Trinajstić information content (AvgIpc) is 2.89. The number of benzene rings is 1. The van der Waals surface area contributed by atoms with Gasteiger partial charge in [0, 0.05) is 17.4 Å². The van der Waals surface area contributed by atoms with Crippen molar-refractivity contribution in [3.63, 3.8) is 0 Å². The normalized spacial score (nSPS) is 10.6. The molecule has 0 radical (unpaired) electrons. The third-order valence-electron chi connectivity index (χ3n) is 2.55. The summed E-state index contributed by atoms with van der Waals surface area (Å²) in [7, 11) is 0. The summed E-state index contributed by atoms with van der Waals surface area (Å²) in [6, 6.07) is 9.12. The van der Waals surface area contributed by atoms with Gasteiger partial charge in [0.15, 0.2) is 0 Å². The first-order valence-electron chi connectivity index (χ1n) is 5.70. The van der Waals surface area contributed by atoms with E-state index in [1.807, 2.05) is 17.5 Å². The van der Waals surface area contributed by atoms with Crippen LogP contribution in [0.1, 0.15) is 10.4 Å². The van der Waals surface area contributed by atoms with E-state index in [0.717, 1.165) is 12.0 Å². The molecule has 4 nitrogen and oxygen atoms in total. The third-order valence-corrected chi connectivity index (χ3v) is 4.16. The van der Waals surface area contributed by atoms with Crippen LogP contribution in [-0.4, -0.2) is 11.5 Å². The first-order chi connectivity index (χ1) is 9.16. The molecular formula is C13H12BrNO3S. The summed E-state index contributed by atoms with van der Waals surface area (Å²) in [5.41, 5.74) is 0.875. The number of nitrogens with zero attached hydrogens (tertiary/aromatic N) is 1. The average molecular weight is 342 g/mol. The van der Waals surface area contributed by atoms with Gasteiger partial charge in [-0.15, -0.1) is 11.3 Å². The maximum atomic E-state index is 10.8. The largest absolute Gasteiger partial charge is 0.376 e. The Balaban J connectivity index is 1.86. The van der Waals surface area contributed by atoms with Gasteiger partial charge in [0.25, 0.3) is 5.69 Å². The maximum Gasteiger partial charge on any atom is 0.283 e. The molecule has 0 N–H and O–H groups in total. The summed E-state index contributed by atoms with van der Waals surface area (Å²) in [6.45, 7) is 1.00. The van der Waals surface area contributed by atoms with Crippen LogP contribution in [0.4, 0.5) is 5.69 Å². The molecule has 0 amide bonds. The van der Waals surface area contributed by atoms with Gasteiger partial charge in [-0.3, -0.25) is 10.1 Å². The summed E-state index contributed by atoms with van der Waals surface area (Å²) < 4.78 is 6.02. The number of hydrogen-bond donors (Lipinski definition) is 0. The van der Waals surface area contributed by atoms with Crippen LogP contribution in [0.3, 0.4) is 0 Å². The van der Waals surface area contributed by atoms with Gasteiger partial charge in [-0.1, -0.05) is 12.1 Å². The van der Waals surface area contributed by atoms with E-state index in [0.29, 0.717) is 17.7 Å². The second kappa shape index (κ2) is 6.79. The highest BCUT2D eigenvalue weighted by molar-refractivity contribution is 9.10. The minimum atomic E-state index is -0.404. The lowest BCUT2D eigenvalue weighted by atomic mass is 10.2.